The quantitative estimate of drug-likeness (QED) is 0.812. The number of benzene rings is 1. The van der Waals surface area contributed by atoms with Crippen molar-refractivity contribution >= 4 is 17.7 Å². The van der Waals surface area contributed by atoms with E-state index in [-0.39, 0.29) is 23.8 Å². The number of imide groups is 1. The minimum Gasteiger partial charge on any atom is -0.346 e. The number of carbonyl (C=O) groups excluding carboxylic acids is 3. The minimum absolute atomic E-state index is 0.197. The van der Waals surface area contributed by atoms with Crippen LogP contribution in [0.3, 0.4) is 0 Å². The first-order chi connectivity index (χ1) is 12.5. The molecule has 1 aromatic carbocycles. The van der Waals surface area contributed by atoms with E-state index in [9.17, 15) is 14.4 Å². The van der Waals surface area contributed by atoms with E-state index in [1.54, 1.807) is 24.5 Å². The summed E-state index contributed by atoms with van der Waals surface area (Å²) < 4.78 is 0. The average Bonchev–Trinajstić information content (AvgIpc) is 2.90. The van der Waals surface area contributed by atoms with Crippen LogP contribution in [0.5, 0.6) is 0 Å². The molecule has 0 fully saturated rings. The second kappa shape index (κ2) is 7.47. The van der Waals surface area contributed by atoms with Gasteiger partial charge in [0.2, 0.25) is 0 Å². The molecule has 1 aliphatic rings. The van der Waals surface area contributed by atoms with Gasteiger partial charge < -0.3 is 5.32 Å². The Balaban J connectivity index is 1.78. The largest absolute Gasteiger partial charge is 0.346 e. The van der Waals surface area contributed by atoms with E-state index < -0.39 is 0 Å². The highest BCUT2D eigenvalue weighted by Crippen LogP contribution is 2.24. The number of nitrogens with one attached hydrogen (secondary N) is 1. The Morgan fingerprint density at radius 1 is 1.12 bits per heavy atom. The van der Waals surface area contributed by atoms with Crippen molar-refractivity contribution in [2.24, 2.45) is 0 Å². The Morgan fingerprint density at radius 3 is 2.50 bits per heavy atom. The molecule has 0 aliphatic carbocycles. The van der Waals surface area contributed by atoms with Crippen molar-refractivity contribution in [2.75, 3.05) is 6.54 Å². The lowest BCUT2D eigenvalue weighted by molar-refractivity contribution is 0.0652. The fourth-order valence-electron chi connectivity index (χ4n) is 2.97. The molecule has 2 heterocycles. The molecule has 0 spiro atoms. The van der Waals surface area contributed by atoms with Gasteiger partial charge in [0.1, 0.15) is 0 Å². The van der Waals surface area contributed by atoms with Crippen LogP contribution >= 0.6 is 0 Å². The lowest BCUT2D eigenvalue weighted by Crippen LogP contribution is -2.30. The van der Waals surface area contributed by atoms with Crippen molar-refractivity contribution in [3.05, 3.63) is 65.0 Å². The smallest absolute Gasteiger partial charge is 0.261 e. The molecule has 1 N–H and O–H groups in total. The molecule has 1 aromatic heterocycles. The van der Waals surface area contributed by atoms with Gasteiger partial charge in [-0.3, -0.25) is 24.3 Å². The third-order valence-corrected chi connectivity index (χ3v) is 4.52. The number of amides is 3. The highest BCUT2D eigenvalue weighted by molar-refractivity contribution is 6.22. The molecule has 0 saturated carbocycles. The molecule has 6 nitrogen and oxygen atoms in total. The standard InChI is InChI=1S/C20H21N3O3/c1-3-4-11-23-19(25)16-6-5-15(12-17(16)20(23)26)18(24)22-13(2)14-7-9-21-10-8-14/h5-10,12-13H,3-4,11H2,1-2H3,(H,22,24). The number of hydrogen-bond donors (Lipinski definition) is 1. The van der Waals surface area contributed by atoms with Crippen molar-refractivity contribution < 1.29 is 14.4 Å². The van der Waals surface area contributed by atoms with Crippen LogP contribution in [0.2, 0.25) is 0 Å². The van der Waals surface area contributed by atoms with Crippen molar-refractivity contribution in [3.63, 3.8) is 0 Å². The summed E-state index contributed by atoms with van der Waals surface area (Å²) in [7, 11) is 0. The number of aromatic nitrogens is 1. The summed E-state index contributed by atoms with van der Waals surface area (Å²) in [6.45, 7) is 4.29. The molecule has 2 aromatic rings. The normalized spacial score (nSPS) is 14.3. The molecule has 0 saturated heterocycles. The highest BCUT2D eigenvalue weighted by Gasteiger charge is 2.35. The van der Waals surface area contributed by atoms with E-state index >= 15 is 0 Å². The van der Waals surface area contributed by atoms with Gasteiger partial charge in [-0.2, -0.15) is 0 Å². The van der Waals surface area contributed by atoms with Crippen LogP contribution in [-0.2, 0) is 0 Å². The summed E-state index contributed by atoms with van der Waals surface area (Å²) in [6.07, 6.45) is 5.00. The van der Waals surface area contributed by atoms with Crippen LogP contribution in [0.4, 0.5) is 0 Å². The Bertz CT molecular complexity index is 849. The zero-order valence-corrected chi connectivity index (χ0v) is 14.9. The SMILES string of the molecule is CCCCN1C(=O)c2ccc(C(=O)NC(C)c3ccncc3)cc2C1=O. The van der Waals surface area contributed by atoms with E-state index in [0.717, 1.165) is 18.4 Å². The number of hydrogen-bond acceptors (Lipinski definition) is 4. The van der Waals surface area contributed by atoms with Crippen LogP contribution < -0.4 is 5.32 Å². The highest BCUT2D eigenvalue weighted by atomic mass is 16.2. The van der Waals surface area contributed by atoms with E-state index in [1.165, 1.54) is 11.0 Å². The van der Waals surface area contributed by atoms with E-state index in [2.05, 4.69) is 10.3 Å². The van der Waals surface area contributed by atoms with Gasteiger partial charge in [0.05, 0.1) is 17.2 Å². The molecule has 3 rings (SSSR count). The predicted octanol–water partition coefficient (Wildman–Crippen LogP) is 2.97. The first-order valence-corrected chi connectivity index (χ1v) is 8.74. The van der Waals surface area contributed by atoms with Gasteiger partial charge in [-0.25, -0.2) is 0 Å². The summed E-state index contributed by atoms with van der Waals surface area (Å²) in [4.78, 5) is 42.6. The van der Waals surface area contributed by atoms with Gasteiger partial charge in [-0.1, -0.05) is 13.3 Å². The van der Waals surface area contributed by atoms with Gasteiger partial charge in [-0.05, 0) is 49.2 Å². The van der Waals surface area contributed by atoms with Gasteiger partial charge in [0.15, 0.2) is 0 Å². The third kappa shape index (κ3) is 3.35. The molecule has 1 atom stereocenters. The van der Waals surface area contributed by atoms with Crippen molar-refractivity contribution in [1.82, 2.24) is 15.2 Å². The van der Waals surface area contributed by atoms with E-state index in [0.29, 0.717) is 23.2 Å². The van der Waals surface area contributed by atoms with E-state index in [4.69, 9.17) is 0 Å². The Labute approximate surface area is 152 Å². The fourth-order valence-corrected chi connectivity index (χ4v) is 2.97. The minimum atomic E-state index is -0.324. The first-order valence-electron chi connectivity index (χ1n) is 8.74. The number of rotatable bonds is 6. The maximum Gasteiger partial charge on any atom is 0.261 e. The molecular formula is C20H21N3O3. The van der Waals surface area contributed by atoms with Crippen molar-refractivity contribution in [2.45, 2.75) is 32.7 Å². The van der Waals surface area contributed by atoms with Crippen LogP contribution in [-0.4, -0.2) is 34.2 Å². The second-order valence-electron chi connectivity index (χ2n) is 6.35. The zero-order chi connectivity index (χ0) is 18.7. The van der Waals surface area contributed by atoms with Crippen LogP contribution in [0, 0.1) is 0 Å². The molecule has 26 heavy (non-hydrogen) atoms. The topological polar surface area (TPSA) is 79.4 Å². The number of fused-ring (bicyclic) bond motifs is 1. The zero-order valence-electron chi connectivity index (χ0n) is 14.9. The summed E-state index contributed by atoms with van der Waals surface area (Å²) in [5, 5.41) is 2.90. The van der Waals surface area contributed by atoms with E-state index in [1.807, 2.05) is 26.0 Å². The van der Waals surface area contributed by atoms with Crippen LogP contribution in [0.25, 0.3) is 0 Å². The lowest BCUT2D eigenvalue weighted by atomic mass is 10.0. The lowest BCUT2D eigenvalue weighted by Gasteiger charge is -2.14. The molecule has 6 heteroatoms. The number of nitrogens with zero attached hydrogens (tertiary/aromatic N) is 2. The monoisotopic (exact) mass is 351 g/mol. The Morgan fingerprint density at radius 2 is 1.81 bits per heavy atom. The molecule has 1 unspecified atom stereocenters. The first kappa shape index (κ1) is 17.8. The molecule has 134 valence electrons. The van der Waals surface area contributed by atoms with Crippen molar-refractivity contribution in [3.8, 4) is 0 Å². The Kier molecular flexibility index (Phi) is 5.11. The molecule has 0 radical (unpaired) electrons. The maximum atomic E-state index is 12.5. The number of pyridine rings is 1. The van der Waals surface area contributed by atoms with Gasteiger partial charge in [0, 0.05) is 24.5 Å². The third-order valence-electron chi connectivity index (χ3n) is 4.52. The Hall–Kier alpha value is -3.02. The number of carbonyl (C=O) groups is 3. The molecule has 0 bridgehead atoms. The molecular weight excluding hydrogens is 330 g/mol. The number of unbranched alkanes of at least 4 members (excludes halogenated alkanes) is 1. The predicted molar refractivity (Wildman–Crippen MR) is 96.8 cm³/mol. The summed E-state index contributed by atoms with van der Waals surface area (Å²) in [6, 6.07) is 8.13. The fraction of sp³-hybridized carbons (Fsp3) is 0.300. The summed E-state index contributed by atoms with van der Waals surface area (Å²) in [5.74, 6) is -0.893. The van der Waals surface area contributed by atoms with Gasteiger partial charge in [-0.15, -0.1) is 0 Å². The summed E-state index contributed by atoms with van der Waals surface area (Å²) >= 11 is 0. The van der Waals surface area contributed by atoms with Crippen LogP contribution in [0.15, 0.2) is 42.7 Å². The average molecular weight is 351 g/mol. The van der Waals surface area contributed by atoms with Crippen molar-refractivity contribution in [1.29, 1.82) is 0 Å². The van der Waals surface area contributed by atoms with Gasteiger partial charge in [0.25, 0.3) is 17.7 Å². The van der Waals surface area contributed by atoms with Crippen LogP contribution in [0.1, 0.15) is 69.4 Å². The van der Waals surface area contributed by atoms with Gasteiger partial charge >= 0.3 is 0 Å². The second-order valence-corrected chi connectivity index (χ2v) is 6.35. The molecule has 3 amide bonds. The molecule has 1 aliphatic heterocycles. The maximum absolute atomic E-state index is 12.5. The summed E-state index contributed by atoms with van der Waals surface area (Å²) in [5.41, 5.74) is 1.97.